The van der Waals surface area contributed by atoms with Crippen molar-refractivity contribution in [2.24, 2.45) is 0 Å². The number of hydrogen-bond acceptors (Lipinski definition) is 7. The van der Waals surface area contributed by atoms with Crippen molar-refractivity contribution in [3.8, 4) is 11.5 Å². The topological polar surface area (TPSA) is 155 Å². The van der Waals surface area contributed by atoms with E-state index in [4.69, 9.17) is 4.55 Å². The molecule has 0 aliphatic rings. The van der Waals surface area contributed by atoms with Crippen molar-refractivity contribution in [2.45, 2.75) is 191 Å². The molecule has 2 rings (SSSR count). The minimum absolute atomic E-state index is 0. The second-order valence-corrected chi connectivity index (χ2v) is 16.5. The van der Waals surface area contributed by atoms with Gasteiger partial charge in [0.25, 0.3) is 10.1 Å². The Morgan fingerprint density at radius 2 is 0.824 bits per heavy atom. The second-order valence-electron chi connectivity index (χ2n) is 13.8. The van der Waals surface area contributed by atoms with Crippen molar-refractivity contribution < 1.29 is 36.2 Å². The molecular formula is C40H66CaO8S2. The van der Waals surface area contributed by atoms with Crippen LogP contribution in [0.15, 0.2) is 46.2 Å². The molecule has 2 N–H and O–H groups in total. The molecular weight excluding hydrogens is 713 g/mol. The van der Waals surface area contributed by atoms with E-state index >= 15 is 0 Å². The van der Waals surface area contributed by atoms with Crippen molar-refractivity contribution in [2.75, 3.05) is 0 Å². The zero-order valence-electron chi connectivity index (χ0n) is 31.7. The van der Waals surface area contributed by atoms with Crippen LogP contribution in [0.2, 0.25) is 0 Å². The number of phenolic OH excluding ortho intramolecular Hbond substituents is 1. The van der Waals surface area contributed by atoms with E-state index in [-0.39, 0.29) is 43.5 Å². The van der Waals surface area contributed by atoms with Crippen LogP contribution in [0.5, 0.6) is 11.5 Å². The van der Waals surface area contributed by atoms with Crippen LogP contribution in [-0.2, 0) is 33.1 Å². The van der Waals surface area contributed by atoms with Crippen LogP contribution in [0.3, 0.4) is 0 Å². The van der Waals surface area contributed by atoms with E-state index in [1.165, 1.54) is 147 Å². The van der Waals surface area contributed by atoms with Crippen LogP contribution in [0.1, 0.15) is 179 Å². The Kier molecular flexibility index (Phi) is 29.9. The molecule has 0 radical (unpaired) electrons. The minimum atomic E-state index is -4.66. The van der Waals surface area contributed by atoms with Crippen molar-refractivity contribution >= 4 is 58.0 Å². The number of rotatable bonds is 28. The fraction of sp³-hybridized carbons (Fsp3) is 0.700. The number of hydrogen-bond donors (Lipinski definition) is 2. The molecule has 51 heavy (non-hydrogen) atoms. The van der Waals surface area contributed by atoms with Crippen molar-refractivity contribution in [1.29, 1.82) is 0 Å². The van der Waals surface area contributed by atoms with Gasteiger partial charge in [-0.05, 0) is 55.0 Å². The summed E-state index contributed by atoms with van der Waals surface area (Å²) in [5.74, 6) is -1.06. The van der Waals surface area contributed by atoms with Crippen molar-refractivity contribution in [1.82, 2.24) is 0 Å². The van der Waals surface area contributed by atoms with Gasteiger partial charge in [0.05, 0.1) is 0 Å². The molecule has 0 saturated heterocycles. The molecule has 0 unspecified atom stereocenters. The van der Waals surface area contributed by atoms with Gasteiger partial charge in [-0.1, -0.05) is 179 Å². The largest absolute Gasteiger partial charge is 2.00 e. The predicted molar refractivity (Wildman–Crippen MR) is 207 cm³/mol. The molecule has 0 aliphatic heterocycles. The first kappa shape index (κ1) is 50.1. The van der Waals surface area contributed by atoms with E-state index in [2.05, 4.69) is 13.8 Å². The summed E-state index contributed by atoms with van der Waals surface area (Å²) >= 11 is 0. The summed E-state index contributed by atoms with van der Waals surface area (Å²) in [6.07, 6.45) is 32.5. The first-order valence-corrected chi connectivity index (χ1v) is 22.3. The zero-order valence-corrected chi connectivity index (χ0v) is 35.6. The smallest absolute Gasteiger partial charge is 0.872 e. The molecule has 8 nitrogen and oxygen atoms in total. The Morgan fingerprint density at radius 1 is 0.510 bits per heavy atom. The van der Waals surface area contributed by atoms with Gasteiger partial charge < -0.3 is 14.8 Å². The monoisotopic (exact) mass is 778 g/mol. The zero-order chi connectivity index (χ0) is 37.1. The fourth-order valence-corrected chi connectivity index (χ4v) is 7.29. The van der Waals surface area contributed by atoms with Gasteiger partial charge in [0.15, 0.2) is 0 Å². The number of aryl methyl sites for hydroxylation is 2. The van der Waals surface area contributed by atoms with E-state index in [0.717, 1.165) is 55.7 Å². The molecule has 288 valence electrons. The second kappa shape index (κ2) is 30.4. The fourth-order valence-electron chi connectivity index (χ4n) is 6.19. The first-order valence-electron chi connectivity index (χ1n) is 19.4. The Labute approximate surface area is 341 Å². The van der Waals surface area contributed by atoms with Gasteiger partial charge in [0.2, 0.25) is 0 Å². The average molecular weight is 779 g/mol. The van der Waals surface area contributed by atoms with Gasteiger partial charge in [-0.25, -0.2) is 8.42 Å². The quantitative estimate of drug-likeness (QED) is 0.0491. The summed E-state index contributed by atoms with van der Waals surface area (Å²) in [6.45, 7) is 4.49. The van der Waals surface area contributed by atoms with Gasteiger partial charge in [-0.2, -0.15) is 8.42 Å². The van der Waals surface area contributed by atoms with Crippen LogP contribution in [-0.4, -0.2) is 68.8 Å². The van der Waals surface area contributed by atoms with Crippen molar-refractivity contribution in [3.05, 3.63) is 47.5 Å². The summed E-state index contributed by atoms with van der Waals surface area (Å²) in [5.41, 5.74) is 1.71. The third kappa shape index (κ3) is 25.7. The van der Waals surface area contributed by atoms with Crippen LogP contribution in [0.4, 0.5) is 0 Å². The number of aromatic hydroxyl groups is 1. The SMILES string of the molecule is CCCCCCCCCCCCCCc1ccc(S(=O)(=O)O)c(O)c1.CCCCCCCCCCCCCCc1ccc(S(=O)(=O)[O-])c([O-])c1.[Ca+2]. The van der Waals surface area contributed by atoms with E-state index < -0.39 is 35.8 Å². The molecule has 0 saturated carbocycles. The summed E-state index contributed by atoms with van der Waals surface area (Å²) in [4.78, 5) is -1.07. The molecule has 0 bridgehead atoms. The minimum Gasteiger partial charge on any atom is -0.872 e. The van der Waals surface area contributed by atoms with Gasteiger partial charge in [0, 0.05) is 4.90 Å². The van der Waals surface area contributed by atoms with Crippen LogP contribution < -0.4 is 5.11 Å². The van der Waals surface area contributed by atoms with Gasteiger partial charge in [0.1, 0.15) is 20.8 Å². The maximum Gasteiger partial charge on any atom is 2.00 e. The third-order valence-corrected chi connectivity index (χ3v) is 11.0. The number of benzene rings is 2. The summed E-state index contributed by atoms with van der Waals surface area (Å²) in [5, 5.41) is 21.3. The molecule has 0 aromatic heterocycles. The maximum absolute atomic E-state index is 11.6. The maximum atomic E-state index is 11.6. The van der Waals surface area contributed by atoms with E-state index in [1.807, 2.05) is 0 Å². The molecule has 2 aromatic carbocycles. The van der Waals surface area contributed by atoms with Gasteiger partial charge in [-0.3, -0.25) is 4.55 Å². The normalized spacial score (nSPS) is 11.5. The Balaban J connectivity index is 0.000000962. The van der Waals surface area contributed by atoms with Crippen LogP contribution >= 0.6 is 0 Å². The number of phenols is 1. The van der Waals surface area contributed by atoms with Crippen molar-refractivity contribution in [3.63, 3.8) is 0 Å². The molecule has 2 aromatic rings. The van der Waals surface area contributed by atoms with E-state index in [1.54, 1.807) is 12.1 Å². The molecule has 0 amide bonds. The number of unbranched alkanes of at least 4 members (excludes halogenated alkanes) is 22. The Morgan fingerprint density at radius 3 is 1.12 bits per heavy atom. The molecule has 0 aliphatic carbocycles. The molecule has 0 atom stereocenters. The average Bonchev–Trinajstić information content (AvgIpc) is 3.05. The molecule has 11 heteroatoms. The Bertz CT molecular complexity index is 1280. The standard InChI is InChI=1S/2C20H34O4S.Ca/c2*1-2-3-4-5-6-7-8-9-10-11-12-13-14-18-15-16-20(19(21)17-18)25(22,23)24;/h2*15-17,21H,2-14H2,1H3,(H,22,23,24);/q;;+2/p-2. The van der Waals surface area contributed by atoms with Crippen LogP contribution in [0, 0.1) is 0 Å². The third-order valence-electron chi connectivity index (χ3n) is 9.22. The van der Waals surface area contributed by atoms with Gasteiger partial charge >= 0.3 is 37.7 Å². The summed E-state index contributed by atoms with van der Waals surface area (Å²) < 4.78 is 63.7. The predicted octanol–water partition coefficient (Wildman–Crippen LogP) is 10.4. The molecule has 0 fully saturated rings. The summed E-state index contributed by atoms with van der Waals surface area (Å²) in [7, 11) is -9.01. The van der Waals surface area contributed by atoms with Crippen LogP contribution in [0.25, 0.3) is 0 Å². The molecule has 0 spiro atoms. The van der Waals surface area contributed by atoms with E-state index in [9.17, 15) is 31.6 Å². The van der Waals surface area contributed by atoms with Gasteiger partial charge in [-0.15, -0.1) is 0 Å². The first-order chi connectivity index (χ1) is 23.9. The Hall–Kier alpha value is -0.880. The summed E-state index contributed by atoms with van der Waals surface area (Å²) in [6, 6.07) is 8.35. The molecule has 0 heterocycles. The van der Waals surface area contributed by atoms with E-state index in [0.29, 0.717) is 0 Å².